The van der Waals surface area contributed by atoms with E-state index in [0.29, 0.717) is 23.6 Å². The molecule has 0 unspecified atom stereocenters. The van der Waals surface area contributed by atoms with Gasteiger partial charge in [-0.25, -0.2) is 4.98 Å². The van der Waals surface area contributed by atoms with Gasteiger partial charge in [-0.1, -0.05) is 42.5 Å². The third-order valence-electron chi connectivity index (χ3n) is 5.87. The molecule has 2 atom stereocenters. The van der Waals surface area contributed by atoms with Crippen molar-refractivity contribution in [2.75, 3.05) is 0 Å². The van der Waals surface area contributed by atoms with Crippen molar-refractivity contribution in [3.05, 3.63) is 95.6 Å². The van der Waals surface area contributed by atoms with Crippen molar-refractivity contribution in [3.8, 4) is 17.4 Å². The number of pyridine rings is 1. The number of aromatic nitrogens is 1. The zero-order chi connectivity index (χ0) is 21.9. The Hall–Kier alpha value is -2.62. The third-order valence-corrected chi connectivity index (χ3v) is 7.16. The van der Waals surface area contributed by atoms with E-state index in [1.807, 2.05) is 42.5 Å². The molecule has 0 bridgehead atoms. The first kappa shape index (κ1) is 20.0. The van der Waals surface area contributed by atoms with Crippen LogP contribution >= 0.6 is 11.8 Å². The molecule has 4 aromatic rings. The number of hydrogen-bond acceptors (Lipinski definition) is 5. The van der Waals surface area contributed by atoms with Gasteiger partial charge in [-0.05, 0) is 36.6 Å². The van der Waals surface area contributed by atoms with Gasteiger partial charge in [-0.3, -0.25) is 0 Å². The molecule has 0 saturated heterocycles. The number of aliphatic imine (C=N–C) groups is 1. The number of phenolic OH excluding ortho intramolecular Hbond substituents is 1. The van der Waals surface area contributed by atoms with Crippen LogP contribution < -0.4 is 4.74 Å². The van der Waals surface area contributed by atoms with Crippen LogP contribution in [-0.2, 0) is 33.0 Å². The monoisotopic (exact) mass is 619 g/mol. The molecule has 4 nitrogen and oxygen atoms in total. The van der Waals surface area contributed by atoms with Crippen molar-refractivity contribution < 1.29 is 32.3 Å². The van der Waals surface area contributed by atoms with Gasteiger partial charge in [0.15, 0.2) is 0 Å². The Morgan fingerprint density at radius 3 is 2.84 bits per heavy atom. The van der Waals surface area contributed by atoms with Crippen LogP contribution in [0.5, 0.6) is 17.4 Å². The summed E-state index contributed by atoms with van der Waals surface area (Å²) in [6, 6.07) is 26.1. The molecule has 1 aromatic heterocycles. The average Bonchev–Trinajstić information content (AvgIpc) is 3.17. The number of phenols is 1. The first-order chi connectivity index (χ1) is 15.5. The minimum atomic E-state index is -0.770. The molecular weight excluding hydrogens is 599 g/mol. The average molecular weight is 620 g/mol. The first-order valence-electron chi connectivity index (χ1n) is 10.6. The van der Waals surface area contributed by atoms with E-state index in [0.717, 1.165) is 21.6 Å². The molecule has 0 saturated carbocycles. The van der Waals surface area contributed by atoms with Gasteiger partial charge in [-0.2, -0.15) is 11.8 Å². The smallest absolute Gasteiger partial charge is 0.217 e. The topological polar surface area (TPSA) is 54.7 Å². The fourth-order valence-electron chi connectivity index (χ4n) is 4.28. The van der Waals surface area contributed by atoms with Crippen LogP contribution in [0.4, 0.5) is 0 Å². The molecule has 0 spiro atoms. The summed E-state index contributed by atoms with van der Waals surface area (Å²) in [5.74, 6) is 1.00. The standard InChI is InChI=1S/C26H19N2O2S.Pt/c1-26-20-10-3-2-6-17(20)15-22(26)31-25(28-26)18-8-4-9-19(14-18)30-23-13-12-16-7-5-11-21(29)24(16)27-23;/h2-13,22,29H,15H2,1H3;/q-1;/t22-,26+;/m1./s1/i22D;. The van der Waals surface area contributed by atoms with Gasteiger partial charge >= 0.3 is 0 Å². The van der Waals surface area contributed by atoms with E-state index in [2.05, 4.69) is 30.1 Å². The van der Waals surface area contributed by atoms with Gasteiger partial charge in [0, 0.05) is 49.9 Å². The van der Waals surface area contributed by atoms with E-state index in [4.69, 9.17) is 11.1 Å². The maximum absolute atomic E-state index is 10.1. The number of hydrogen-bond donors (Lipinski definition) is 1. The number of rotatable bonds is 3. The Bertz CT molecular complexity index is 1430. The Morgan fingerprint density at radius 2 is 1.94 bits per heavy atom. The minimum absolute atomic E-state index is 0. The summed E-state index contributed by atoms with van der Waals surface area (Å²) in [5.41, 5.74) is 3.03. The van der Waals surface area contributed by atoms with Crippen LogP contribution in [0.1, 0.15) is 25.0 Å². The van der Waals surface area contributed by atoms with E-state index >= 15 is 0 Å². The molecule has 32 heavy (non-hydrogen) atoms. The van der Waals surface area contributed by atoms with Gasteiger partial charge < -0.3 is 14.8 Å². The van der Waals surface area contributed by atoms with Gasteiger partial charge in [0.05, 0.1) is 5.54 Å². The van der Waals surface area contributed by atoms with Gasteiger partial charge in [0.1, 0.15) is 11.3 Å². The van der Waals surface area contributed by atoms with E-state index in [1.165, 1.54) is 17.3 Å². The first-order valence-corrected chi connectivity index (χ1v) is 10.9. The molecule has 0 fully saturated rings. The van der Waals surface area contributed by atoms with Crippen LogP contribution in [0.2, 0.25) is 0 Å². The summed E-state index contributed by atoms with van der Waals surface area (Å²) in [7, 11) is 0. The van der Waals surface area contributed by atoms with Crippen molar-refractivity contribution in [3.63, 3.8) is 0 Å². The van der Waals surface area contributed by atoms with E-state index in [1.54, 1.807) is 18.2 Å². The number of aromatic hydroxyl groups is 1. The Kier molecular flexibility index (Phi) is 5.04. The molecule has 1 aliphatic carbocycles. The van der Waals surface area contributed by atoms with Crippen molar-refractivity contribution in [1.29, 1.82) is 0 Å². The van der Waals surface area contributed by atoms with E-state index in [-0.39, 0.29) is 26.8 Å². The molecule has 6 heteroatoms. The minimum Gasteiger partial charge on any atom is -0.506 e. The largest absolute Gasteiger partial charge is 0.506 e. The maximum atomic E-state index is 10.1. The molecule has 2 aliphatic rings. The number of fused-ring (bicyclic) bond motifs is 4. The van der Waals surface area contributed by atoms with Crippen LogP contribution in [-0.4, -0.2) is 20.4 Å². The summed E-state index contributed by atoms with van der Waals surface area (Å²) in [6.45, 7) is 2.05. The zero-order valence-electron chi connectivity index (χ0n) is 18.1. The van der Waals surface area contributed by atoms with Crippen LogP contribution in [0, 0.1) is 6.07 Å². The molecular formula is C26H19N2O2PtS-. The second-order valence-electron chi connectivity index (χ2n) is 7.88. The number of ether oxygens (including phenoxy) is 1. The van der Waals surface area contributed by atoms with Gasteiger partial charge in [0.25, 0.3) is 0 Å². The van der Waals surface area contributed by atoms with E-state index < -0.39 is 10.8 Å². The molecule has 162 valence electrons. The maximum Gasteiger partial charge on any atom is 0.217 e. The summed E-state index contributed by atoms with van der Waals surface area (Å²) in [6.07, 6.45) is 0.665. The summed E-state index contributed by atoms with van der Waals surface area (Å²) in [5, 5.41) is 11.0. The molecule has 6 rings (SSSR count). The fraction of sp³-hybridized carbons (Fsp3) is 0.154. The van der Waals surface area contributed by atoms with Crippen molar-refractivity contribution in [2.24, 2.45) is 4.99 Å². The van der Waals surface area contributed by atoms with Crippen molar-refractivity contribution >= 4 is 27.7 Å². The third kappa shape index (κ3) is 3.44. The summed E-state index contributed by atoms with van der Waals surface area (Å²) in [4.78, 5) is 9.46. The second-order valence-corrected chi connectivity index (χ2v) is 8.96. The van der Waals surface area contributed by atoms with Crippen molar-refractivity contribution in [2.45, 2.75) is 24.1 Å². The quantitative estimate of drug-likeness (QED) is 0.292. The number of para-hydroxylation sites is 1. The normalized spacial score (nSPS) is 23.7. The van der Waals surface area contributed by atoms with Crippen LogP contribution in [0.25, 0.3) is 10.9 Å². The molecule has 1 aliphatic heterocycles. The predicted octanol–water partition coefficient (Wildman–Crippen LogP) is 5.86. The predicted molar refractivity (Wildman–Crippen MR) is 124 cm³/mol. The summed E-state index contributed by atoms with van der Waals surface area (Å²) < 4.78 is 15.1. The van der Waals surface area contributed by atoms with E-state index in [9.17, 15) is 5.11 Å². The fourth-order valence-corrected chi connectivity index (χ4v) is 5.55. The molecule has 1 N–H and O–H groups in total. The number of thioether (sulfide) groups is 1. The number of nitrogens with zero attached hydrogens (tertiary/aromatic N) is 2. The van der Waals surface area contributed by atoms with Gasteiger partial charge in [-0.15, -0.1) is 23.8 Å². The Morgan fingerprint density at radius 1 is 1.09 bits per heavy atom. The second kappa shape index (κ2) is 8.06. The van der Waals surface area contributed by atoms with Gasteiger partial charge in [0.2, 0.25) is 5.88 Å². The molecule has 3 aromatic carbocycles. The Labute approximate surface area is 206 Å². The SMILES string of the molecule is [2H][C@@]12Cc3ccccc3[C@]1(C)N=C(c1[c-]c(Oc3ccc4cccc(O)c4n3)ccc1)S2.[Pt]. The molecule has 0 amide bonds. The Balaban J connectivity index is 0.00000228. The zero-order valence-corrected chi connectivity index (χ0v) is 20.2. The van der Waals surface area contributed by atoms with Crippen LogP contribution in [0.15, 0.2) is 77.8 Å². The van der Waals surface area contributed by atoms with Crippen molar-refractivity contribution in [1.82, 2.24) is 4.98 Å². The van der Waals surface area contributed by atoms with Crippen LogP contribution in [0.3, 0.4) is 0 Å². The molecule has 0 radical (unpaired) electrons. The summed E-state index contributed by atoms with van der Waals surface area (Å²) >= 11 is 1.49. The molecule has 2 heterocycles. The number of benzene rings is 3.